The molecule has 0 aliphatic heterocycles. The van der Waals surface area contributed by atoms with Crippen LogP contribution < -0.4 is 10.5 Å². The molecule has 0 radical (unpaired) electrons. The predicted octanol–water partition coefficient (Wildman–Crippen LogP) is 3.48. The van der Waals surface area contributed by atoms with E-state index in [1.54, 1.807) is 67.3 Å². The minimum Gasteiger partial charge on any atom is -0.348 e. The minimum atomic E-state index is -3.74. The maximum absolute atomic E-state index is 13.3. The molecule has 3 N–H and O–H groups in total. The molecule has 4 aromatic rings. The van der Waals surface area contributed by atoms with E-state index in [1.165, 1.54) is 18.3 Å². The first kappa shape index (κ1) is 23.5. The number of aromatic nitrogens is 3. The summed E-state index contributed by atoms with van der Waals surface area (Å²) in [4.78, 5) is 17.1. The molecule has 2 aromatic carbocycles. The van der Waals surface area contributed by atoms with Crippen molar-refractivity contribution in [3.63, 3.8) is 0 Å². The van der Waals surface area contributed by atoms with Gasteiger partial charge in [-0.15, -0.1) is 0 Å². The number of pyridine rings is 1. The van der Waals surface area contributed by atoms with Gasteiger partial charge in [0.05, 0.1) is 29.2 Å². The van der Waals surface area contributed by atoms with E-state index < -0.39 is 15.3 Å². The first-order valence-electron chi connectivity index (χ1n) is 10.6. The number of amides is 1. The monoisotopic (exact) mass is 481 g/mol. The molecule has 1 unspecified atom stereocenters. The molecule has 34 heavy (non-hydrogen) atoms. The summed E-state index contributed by atoms with van der Waals surface area (Å²) in [5.74, 6) is -0.856. The Hall–Kier alpha value is -3.63. The molecule has 0 fully saturated rings. The Morgan fingerprint density at radius 1 is 1.06 bits per heavy atom. The van der Waals surface area contributed by atoms with Crippen LogP contribution in [0.25, 0.3) is 16.6 Å². The summed E-state index contributed by atoms with van der Waals surface area (Å²) in [5, 5.41) is 12.4. The second-order valence-electron chi connectivity index (χ2n) is 8.33. The molecule has 0 spiro atoms. The molecule has 4 rings (SSSR count). The highest BCUT2D eigenvalue weighted by Crippen LogP contribution is 2.28. The van der Waals surface area contributed by atoms with E-state index in [0.29, 0.717) is 27.7 Å². The van der Waals surface area contributed by atoms with Crippen LogP contribution in [0.1, 0.15) is 40.6 Å². The quantitative estimate of drug-likeness (QED) is 0.419. The number of hydrogen-bond acceptors (Lipinski definition) is 5. The first-order valence-corrected chi connectivity index (χ1v) is 12.2. The first-order chi connectivity index (χ1) is 16.1. The summed E-state index contributed by atoms with van der Waals surface area (Å²) in [6.45, 7) is 3.84. The van der Waals surface area contributed by atoms with Gasteiger partial charge in [-0.3, -0.25) is 9.78 Å². The van der Waals surface area contributed by atoms with Crippen LogP contribution in [0.4, 0.5) is 4.39 Å². The number of nitrogens with two attached hydrogens (primary N) is 1. The van der Waals surface area contributed by atoms with Gasteiger partial charge in [-0.05, 0) is 41.3 Å². The Labute approximate surface area is 196 Å². The summed E-state index contributed by atoms with van der Waals surface area (Å²) < 4.78 is 38.7. The second kappa shape index (κ2) is 9.32. The van der Waals surface area contributed by atoms with Gasteiger partial charge in [0.2, 0.25) is 10.0 Å². The molecule has 0 bridgehead atoms. The lowest BCUT2D eigenvalue weighted by atomic mass is 10.0. The normalized spacial score (nSPS) is 12.7. The third kappa shape index (κ3) is 4.82. The summed E-state index contributed by atoms with van der Waals surface area (Å²) in [6.07, 6.45) is 4.64. The molecule has 0 aliphatic rings. The van der Waals surface area contributed by atoms with Gasteiger partial charge in [-0.1, -0.05) is 38.1 Å². The van der Waals surface area contributed by atoms with Crippen molar-refractivity contribution < 1.29 is 17.6 Å². The van der Waals surface area contributed by atoms with Crippen molar-refractivity contribution in [2.24, 2.45) is 11.1 Å². The van der Waals surface area contributed by atoms with Crippen molar-refractivity contribution in [2.75, 3.05) is 0 Å². The summed E-state index contributed by atoms with van der Waals surface area (Å²) in [6, 6.07) is 12.8. The lowest BCUT2D eigenvalue weighted by Crippen LogP contribution is -2.26. The number of sulfonamides is 1. The fourth-order valence-corrected chi connectivity index (χ4v) is 5.26. The lowest BCUT2D eigenvalue weighted by molar-refractivity contribution is 0.0952. The van der Waals surface area contributed by atoms with Gasteiger partial charge in [0.25, 0.3) is 5.91 Å². The SMILES string of the molecule is CC(C)C(c1ccc(CNC(=O)c2cncc3c2cnn3-c2ccc(F)cc2)cc1)S(N)(=O)=O. The van der Waals surface area contributed by atoms with E-state index in [4.69, 9.17) is 5.14 Å². The molecule has 1 amide bonds. The molecular weight excluding hydrogens is 457 g/mol. The molecule has 176 valence electrons. The smallest absolute Gasteiger partial charge is 0.253 e. The zero-order valence-electron chi connectivity index (χ0n) is 18.6. The van der Waals surface area contributed by atoms with Crippen LogP contribution in [-0.4, -0.2) is 29.1 Å². The Morgan fingerprint density at radius 2 is 1.74 bits per heavy atom. The number of carbonyl (C=O) groups excluding carboxylic acids is 1. The largest absolute Gasteiger partial charge is 0.348 e. The number of hydrogen-bond donors (Lipinski definition) is 2. The fourth-order valence-electron chi connectivity index (χ4n) is 3.97. The van der Waals surface area contributed by atoms with Crippen molar-refractivity contribution in [3.05, 3.63) is 89.6 Å². The average Bonchev–Trinajstić information content (AvgIpc) is 3.22. The van der Waals surface area contributed by atoms with Gasteiger partial charge < -0.3 is 5.32 Å². The zero-order valence-corrected chi connectivity index (χ0v) is 19.5. The molecule has 2 heterocycles. The standard InChI is InChI=1S/C24H24FN5O3S/c1-15(2)23(34(26,32)33)17-5-3-16(4-6-17)11-28-24(31)21-12-27-14-22-20(21)13-29-30(22)19-9-7-18(25)8-10-19/h3-10,12-15,23H,11H2,1-2H3,(H,28,31)(H2,26,32,33). The molecule has 0 aliphatic carbocycles. The number of carbonyl (C=O) groups is 1. The summed E-state index contributed by atoms with van der Waals surface area (Å²) in [5.41, 5.74) is 3.03. The van der Waals surface area contributed by atoms with E-state index in [9.17, 15) is 17.6 Å². The van der Waals surface area contributed by atoms with E-state index >= 15 is 0 Å². The van der Waals surface area contributed by atoms with Gasteiger partial charge >= 0.3 is 0 Å². The molecule has 2 aromatic heterocycles. The van der Waals surface area contributed by atoms with Crippen molar-refractivity contribution in [3.8, 4) is 5.69 Å². The number of nitrogens with zero attached hydrogens (tertiary/aromatic N) is 3. The molecule has 8 nitrogen and oxygen atoms in total. The van der Waals surface area contributed by atoms with Gasteiger partial charge in [-0.2, -0.15) is 5.10 Å². The Morgan fingerprint density at radius 3 is 2.35 bits per heavy atom. The van der Waals surface area contributed by atoms with Gasteiger partial charge in [0, 0.05) is 18.1 Å². The molecule has 0 saturated carbocycles. The van der Waals surface area contributed by atoms with Gasteiger partial charge in [0.1, 0.15) is 11.1 Å². The summed E-state index contributed by atoms with van der Waals surface area (Å²) >= 11 is 0. The van der Waals surface area contributed by atoms with Crippen molar-refractivity contribution in [1.82, 2.24) is 20.1 Å². The molecule has 0 saturated heterocycles. The van der Waals surface area contributed by atoms with Crippen LogP contribution in [0, 0.1) is 11.7 Å². The Balaban J connectivity index is 1.51. The van der Waals surface area contributed by atoms with Crippen molar-refractivity contribution in [1.29, 1.82) is 0 Å². The van der Waals surface area contributed by atoms with E-state index in [2.05, 4.69) is 15.4 Å². The number of fused-ring (bicyclic) bond motifs is 1. The molecule has 1 atom stereocenters. The Bertz CT molecular complexity index is 1430. The third-order valence-corrected chi connectivity index (χ3v) is 7.06. The third-order valence-electron chi connectivity index (χ3n) is 5.53. The predicted molar refractivity (Wildman–Crippen MR) is 127 cm³/mol. The molecular formula is C24H24FN5O3S. The highest BCUT2D eigenvalue weighted by atomic mass is 32.2. The number of nitrogens with one attached hydrogen (secondary N) is 1. The lowest BCUT2D eigenvalue weighted by Gasteiger charge is -2.19. The van der Waals surface area contributed by atoms with Crippen LogP contribution in [0.5, 0.6) is 0 Å². The topological polar surface area (TPSA) is 120 Å². The molecule has 10 heteroatoms. The van der Waals surface area contributed by atoms with Gasteiger partial charge in [-0.25, -0.2) is 22.6 Å². The van der Waals surface area contributed by atoms with Crippen LogP contribution >= 0.6 is 0 Å². The maximum Gasteiger partial charge on any atom is 0.253 e. The zero-order chi connectivity index (χ0) is 24.5. The van der Waals surface area contributed by atoms with Crippen molar-refractivity contribution in [2.45, 2.75) is 25.6 Å². The van der Waals surface area contributed by atoms with Crippen LogP contribution in [0.3, 0.4) is 0 Å². The van der Waals surface area contributed by atoms with Crippen LogP contribution in [0.15, 0.2) is 67.1 Å². The second-order valence-corrected chi connectivity index (χ2v) is 10.0. The average molecular weight is 482 g/mol. The van der Waals surface area contributed by atoms with Crippen molar-refractivity contribution >= 4 is 26.8 Å². The number of rotatable bonds is 7. The van der Waals surface area contributed by atoms with E-state index in [0.717, 1.165) is 5.56 Å². The number of primary sulfonamides is 1. The number of halogens is 1. The minimum absolute atomic E-state index is 0.177. The fraction of sp³-hybridized carbons (Fsp3) is 0.208. The highest BCUT2D eigenvalue weighted by Gasteiger charge is 2.27. The van der Waals surface area contributed by atoms with Crippen LogP contribution in [0.2, 0.25) is 0 Å². The highest BCUT2D eigenvalue weighted by molar-refractivity contribution is 7.89. The van der Waals surface area contributed by atoms with Gasteiger partial charge in [0.15, 0.2) is 0 Å². The maximum atomic E-state index is 13.3. The van der Waals surface area contributed by atoms with Crippen LogP contribution in [-0.2, 0) is 16.6 Å². The number of benzene rings is 2. The van der Waals surface area contributed by atoms with E-state index in [1.807, 2.05) is 0 Å². The Kier molecular flexibility index (Phi) is 6.45. The summed E-state index contributed by atoms with van der Waals surface area (Å²) in [7, 11) is -3.74. The van der Waals surface area contributed by atoms with E-state index in [-0.39, 0.29) is 24.2 Å².